The first-order valence-electron chi connectivity index (χ1n) is 7.10. The van der Waals surface area contributed by atoms with Gasteiger partial charge in [-0.3, -0.25) is 4.57 Å². The van der Waals surface area contributed by atoms with Crippen LogP contribution in [0.4, 0.5) is 0 Å². The fourth-order valence-electron chi connectivity index (χ4n) is 2.98. The Bertz CT molecular complexity index is 754. The van der Waals surface area contributed by atoms with Crippen LogP contribution in [-0.4, -0.2) is 9.55 Å². The summed E-state index contributed by atoms with van der Waals surface area (Å²) < 4.78 is 2.22. The van der Waals surface area contributed by atoms with Crippen molar-refractivity contribution in [3.05, 3.63) is 60.4 Å². The van der Waals surface area contributed by atoms with Crippen molar-refractivity contribution in [1.29, 1.82) is 0 Å². The SMILES string of the molecule is NC1(c2nc3ccccc3n2-c2ccccc2)CCC1. The minimum atomic E-state index is -0.269. The van der Waals surface area contributed by atoms with Gasteiger partial charge in [-0.1, -0.05) is 30.3 Å². The molecule has 1 fully saturated rings. The molecule has 0 aliphatic heterocycles. The number of fused-ring (bicyclic) bond motifs is 1. The molecule has 2 N–H and O–H groups in total. The summed E-state index contributed by atoms with van der Waals surface area (Å²) in [5, 5.41) is 0. The van der Waals surface area contributed by atoms with Crippen molar-refractivity contribution >= 4 is 11.0 Å². The highest BCUT2D eigenvalue weighted by atomic mass is 15.1. The van der Waals surface area contributed by atoms with Gasteiger partial charge in [0.15, 0.2) is 0 Å². The van der Waals surface area contributed by atoms with Gasteiger partial charge in [-0.15, -0.1) is 0 Å². The molecule has 3 heteroatoms. The second-order valence-corrected chi connectivity index (χ2v) is 5.60. The molecule has 100 valence electrons. The smallest absolute Gasteiger partial charge is 0.134 e. The summed E-state index contributed by atoms with van der Waals surface area (Å²) in [6.45, 7) is 0. The Labute approximate surface area is 118 Å². The lowest BCUT2D eigenvalue weighted by molar-refractivity contribution is 0.236. The van der Waals surface area contributed by atoms with Gasteiger partial charge in [0.25, 0.3) is 0 Å². The molecule has 3 nitrogen and oxygen atoms in total. The number of benzene rings is 2. The molecule has 1 aliphatic carbocycles. The van der Waals surface area contributed by atoms with E-state index < -0.39 is 0 Å². The first kappa shape index (κ1) is 11.7. The summed E-state index contributed by atoms with van der Waals surface area (Å²) in [6.07, 6.45) is 3.22. The first-order chi connectivity index (χ1) is 9.78. The maximum Gasteiger partial charge on any atom is 0.134 e. The highest BCUT2D eigenvalue weighted by Crippen LogP contribution is 2.40. The zero-order valence-corrected chi connectivity index (χ0v) is 11.3. The molecule has 2 aromatic carbocycles. The van der Waals surface area contributed by atoms with Crippen LogP contribution in [-0.2, 0) is 5.54 Å². The van der Waals surface area contributed by atoms with Crippen molar-refractivity contribution in [2.24, 2.45) is 5.73 Å². The number of imidazole rings is 1. The summed E-state index contributed by atoms with van der Waals surface area (Å²) >= 11 is 0. The maximum absolute atomic E-state index is 6.54. The molecule has 0 radical (unpaired) electrons. The van der Waals surface area contributed by atoms with Crippen LogP contribution >= 0.6 is 0 Å². The number of nitrogens with zero attached hydrogens (tertiary/aromatic N) is 2. The van der Waals surface area contributed by atoms with Gasteiger partial charge in [-0.05, 0) is 43.5 Å². The van der Waals surface area contributed by atoms with E-state index in [1.54, 1.807) is 0 Å². The highest BCUT2D eigenvalue weighted by molar-refractivity contribution is 5.78. The van der Waals surface area contributed by atoms with Gasteiger partial charge < -0.3 is 5.73 Å². The average molecular weight is 263 g/mol. The van der Waals surface area contributed by atoms with E-state index in [4.69, 9.17) is 10.7 Å². The van der Waals surface area contributed by atoms with Crippen molar-refractivity contribution < 1.29 is 0 Å². The largest absolute Gasteiger partial charge is 0.319 e. The van der Waals surface area contributed by atoms with Crippen LogP contribution in [0.3, 0.4) is 0 Å². The lowest BCUT2D eigenvalue weighted by Crippen LogP contribution is -2.45. The van der Waals surface area contributed by atoms with Crippen molar-refractivity contribution in [2.75, 3.05) is 0 Å². The Hall–Kier alpha value is -2.13. The van der Waals surface area contributed by atoms with E-state index in [-0.39, 0.29) is 5.54 Å². The van der Waals surface area contributed by atoms with Gasteiger partial charge in [0.1, 0.15) is 5.82 Å². The van der Waals surface area contributed by atoms with Crippen molar-refractivity contribution in [3.63, 3.8) is 0 Å². The zero-order chi connectivity index (χ0) is 13.6. The summed E-state index contributed by atoms with van der Waals surface area (Å²) in [5.41, 5.74) is 9.55. The Morgan fingerprint density at radius 2 is 1.65 bits per heavy atom. The molecule has 0 spiro atoms. The summed E-state index contributed by atoms with van der Waals surface area (Å²) in [6, 6.07) is 18.6. The summed E-state index contributed by atoms with van der Waals surface area (Å²) in [7, 11) is 0. The average Bonchev–Trinajstić information content (AvgIpc) is 2.85. The molecule has 0 bridgehead atoms. The standard InChI is InChI=1S/C17H17N3/c18-17(11-6-12-17)16-19-14-9-4-5-10-15(14)20(16)13-7-2-1-3-8-13/h1-5,7-10H,6,11-12,18H2. The van der Waals surface area contributed by atoms with Gasteiger partial charge in [-0.25, -0.2) is 4.98 Å². The zero-order valence-electron chi connectivity index (χ0n) is 11.3. The molecule has 3 aromatic rings. The first-order valence-corrected chi connectivity index (χ1v) is 7.10. The number of aromatic nitrogens is 2. The number of hydrogen-bond acceptors (Lipinski definition) is 2. The molecule has 1 heterocycles. The van der Waals surface area contributed by atoms with E-state index in [1.807, 2.05) is 12.1 Å². The fourth-order valence-corrected chi connectivity index (χ4v) is 2.98. The summed E-state index contributed by atoms with van der Waals surface area (Å²) in [4.78, 5) is 4.82. The maximum atomic E-state index is 6.54. The molecule has 1 saturated carbocycles. The van der Waals surface area contributed by atoms with Crippen LogP contribution in [0.15, 0.2) is 54.6 Å². The monoisotopic (exact) mass is 263 g/mol. The van der Waals surface area contributed by atoms with E-state index in [0.29, 0.717) is 0 Å². The second kappa shape index (κ2) is 4.18. The Morgan fingerprint density at radius 3 is 2.35 bits per heavy atom. The quantitative estimate of drug-likeness (QED) is 0.770. The van der Waals surface area contributed by atoms with Crippen LogP contribution in [0.5, 0.6) is 0 Å². The highest BCUT2D eigenvalue weighted by Gasteiger charge is 2.39. The van der Waals surface area contributed by atoms with Gasteiger partial charge >= 0.3 is 0 Å². The third-order valence-electron chi connectivity index (χ3n) is 4.27. The number of nitrogens with two attached hydrogens (primary N) is 1. The van der Waals surface area contributed by atoms with E-state index in [0.717, 1.165) is 35.4 Å². The van der Waals surface area contributed by atoms with Crippen molar-refractivity contribution in [2.45, 2.75) is 24.8 Å². The fraction of sp³-hybridized carbons (Fsp3) is 0.235. The van der Waals surface area contributed by atoms with E-state index in [9.17, 15) is 0 Å². The van der Waals surface area contributed by atoms with Crippen LogP contribution in [0.25, 0.3) is 16.7 Å². The third kappa shape index (κ3) is 1.60. The predicted octanol–water partition coefficient (Wildman–Crippen LogP) is 3.36. The predicted molar refractivity (Wildman–Crippen MR) is 80.8 cm³/mol. The van der Waals surface area contributed by atoms with Crippen LogP contribution in [0.2, 0.25) is 0 Å². The minimum absolute atomic E-state index is 0.269. The molecular weight excluding hydrogens is 246 g/mol. The number of rotatable bonds is 2. The molecule has 20 heavy (non-hydrogen) atoms. The van der Waals surface area contributed by atoms with E-state index in [2.05, 4.69) is 47.0 Å². The number of para-hydroxylation sites is 3. The molecule has 0 amide bonds. The Kier molecular flexibility index (Phi) is 2.44. The normalized spacial score (nSPS) is 17.1. The van der Waals surface area contributed by atoms with Gasteiger partial charge in [-0.2, -0.15) is 0 Å². The van der Waals surface area contributed by atoms with Gasteiger partial charge in [0.05, 0.1) is 16.6 Å². The van der Waals surface area contributed by atoms with Gasteiger partial charge in [0.2, 0.25) is 0 Å². The van der Waals surface area contributed by atoms with Crippen molar-refractivity contribution in [3.8, 4) is 5.69 Å². The molecule has 0 unspecified atom stereocenters. The molecular formula is C17H17N3. The van der Waals surface area contributed by atoms with Crippen LogP contribution in [0.1, 0.15) is 25.1 Å². The lowest BCUT2D eigenvalue weighted by atomic mass is 9.77. The molecule has 4 rings (SSSR count). The lowest BCUT2D eigenvalue weighted by Gasteiger charge is -2.37. The second-order valence-electron chi connectivity index (χ2n) is 5.60. The molecule has 1 aromatic heterocycles. The van der Waals surface area contributed by atoms with Crippen molar-refractivity contribution in [1.82, 2.24) is 9.55 Å². The van der Waals surface area contributed by atoms with Gasteiger partial charge in [0, 0.05) is 5.69 Å². The van der Waals surface area contributed by atoms with E-state index >= 15 is 0 Å². The van der Waals surface area contributed by atoms with Crippen LogP contribution in [0, 0.1) is 0 Å². The minimum Gasteiger partial charge on any atom is -0.319 e. The topological polar surface area (TPSA) is 43.8 Å². The number of hydrogen-bond donors (Lipinski definition) is 1. The summed E-state index contributed by atoms with van der Waals surface area (Å²) in [5.74, 6) is 0.996. The molecule has 0 atom stereocenters. The molecule has 1 aliphatic rings. The molecule has 0 saturated heterocycles. The Balaban J connectivity index is 2.03. The Morgan fingerprint density at radius 1 is 0.950 bits per heavy atom. The third-order valence-corrected chi connectivity index (χ3v) is 4.27. The van der Waals surface area contributed by atoms with Crippen LogP contribution < -0.4 is 5.73 Å². The van der Waals surface area contributed by atoms with E-state index in [1.165, 1.54) is 6.42 Å².